The summed E-state index contributed by atoms with van der Waals surface area (Å²) in [6.45, 7) is 5.34. The number of fused-ring (bicyclic) bond motifs is 1. The van der Waals surface area contributed by atoms with Gasteiger partial charge >= 0.3 is 0 Å². The molecule has 21 heavy (non-hydrogen) atoms. The number of aryl methyl sites for hydroxylation is 1. The summed E-state index contributed by atoms with van der Waals surface area (Å²) >= 11 is 0. The number of carbonyl (C=O) groups excluding carboxylic acids is 1. The number of carbonyl (C=O) groups is 1. The summed E-state index contributed by atoms with van der Waals surface area (Å²) in [5.41, 5.74) is 5.25. The van der Waals surface area contributed by atoms with E-state index >= 15 is 0 Å². The van der Waals surface area contributed by atoms with Gasteiger partial charge in [-0.15, -0.1) is 0 Å². The highest BCUT2D eigenvalue weighted by molar-refractivity contribution is 6.09. The van der Waals surface area contributed by atoms with Crippen LogP contribution in [0.5, 0.6) is 0 Å². The van der Waals surface area contributed by atoms with Crippen molar-refractivity contribution in [2.75, 3.05) is 11.9 Å². The summed E-state index contributed by atoms with van der Waals surface area (Å²) in [5, 5.41) is 3.38. The molecule has 0 fully saturated rings. The molecule has 2 aromatic carbocycles. The van der Waals surface area contributed by atoms with Crippen LogP contribution in [0.15, 0.2) is 42.5 Å². The molecule has 1 aliphatic heterocycles. The Kier molecular flexibility index (Phi) is 3.78. The fourth-order valence-electron chi connectivity index (χ4n) is 2.80. The zero-order valence-electron chi connectivity index (χ0n) is 12.6. The van der Waals surface area contributed by atoms with Crippen molar-refractivity contribution in [2.45, 2.75) is 32.6 Å². The van der Waals surface area contributed by atoms with Crippen LogP contribution in [0.1, 0.15) is 53.2 Å². The quantitative estimate of drug-likeness (QED) is 0.844. The van der Waals surface area contributed by atoms with Gasteiger partial charge in [0.15, 0.2) is 5.78 Å². The van der Waals surface area contributed by atoms with Gasteiger partial charge in [-0.1, -0.05) is 38.1 Å². The van der Waals surface area contributed by atoms with Crippen molar-refractivity contribution in [1.29, 1.82) is 0 Å². The Balaban J connectivity index is 1.87. The first-order valence-corrected chi connectivity index (χ1v) is 7.66. The first-order valence-electron chi connectivity index (χ1n) is 7.66. The molecule has 0 radical (unpaired) electrons. The third-order valence-corrected chi connectivity index (χ3v) is 4.15. The van der Waals surface area contributed by atoms with Gasteiger partial charge in [-0.2, -0.15) is 0 Å². The van der Waals surface area contributed by atoms with Crippen LogP contribution in [-0.2, 0) is 6.42 Å². The molecule has 1 N–H and O–H groups in total. The summed E-state index contributed by atoms with van der Waals surface area (Å²) in [5.74, 6) is 0.600. The van der Waals surface area contributed by atoms with Crippen LogP contribution in [0.2, 0.25) is 0 Å². The number of rotatable bonds is 3. The van der Waals surface area contributed by atoms with Gasteiger partial charge < -0.3 is 5.32 Å². The van der Waals surface area contributed by atoms with Crippen LogP contribution in [0.3, 0.4) is 0 Å². The standard InChI is InChI=1S/C19H21NO/c1-13(2)14-5-7-15(8-6-14)19(21)17-9-10-18-16(12-17)4-3-11-20-18/h5-10,12-13,20H,3-4,11H2,1-2H3. The zero-order valence-corrected chi connectivity index (χ0v) is 12.6. The lowest BCUT2D eigenvalue weighted by Crippen LogP contribution is -2.12. The van der Waals surface area contributed by atoms with E-state index in [0.717, 1.165) is 30.5 Å². The third kappa shape index (κ3) is 2.85. The molecule has 0 saturated heterocycles. The number of hydrogen-bond donors (Lipinski definition) is 1. The minimum absolute atomic E-state index is 0.110. The second kappa shape index (κ2) is 5.72. The van der Waals surface area contributed by atoms with Gasteiger partial charge in [-0.3, -0.25) is 4.79 Å². The average Bonchev–Trinajstić information content (AvgIpc) is 2.54. The van der Waals surface area contributed by atoms with Crippen molar-refractivity contribution < 1.29 is 4.79 Å². The summed E-state index contributed by atoms with van der Waals surface area (Å²) in [7, 11) is 0. The minimum atomic E-state index is 0.110. The maximum atomic E-state index is 12.6. The molecule has 0 saturated carbocycles. The lowest BCUT2D eigenvalue weighted by Gasteiger charge is -2.18. The maximum absolute atomic E-state index is 12.6. The number of benzene rings is 2. The number of anilines is 1. The summed E-state index contributed by atoms with van der Waals surface area (Å²) in [4.78, 5) is 12.6. The molecule has 0 amide bonds. The van der Waals surface area contributed by atoms with Crippen molar-refractivity contribution in [3.05, 3.63) is 64.7 Å². The third-order valence-electron chi connectivity index (χ3n) is 4.15. The molecule has 1 heterocycles. The Labute approximate surface area is 126 Å². The van der Waals surface area contributed by atoms with Gasteiger partial charge in [0, 0.05) is 23.4 Å². The van der Waals surface area contributed by atoms with Crippen LogP contribution in [0.25, 0.3) is 0 Å². The maximum Gasteiger partial charge on any atom is 0.193 e. The van der Waals surface area contributed by atoms with E-state index in [4.69, 9.17) is 0 Å². The smallest absolute Gasteiger partial charge is 0.193 e. The van der Waals surface area contributed by atoms with E-state index in [-0.39, 0.29) is 5.78 Å². The van der Waals surface area contributed by atoms with Gasteiger partial charge in [0.2, 0.25) is 0 Å². The van der Waals surface area contributed by atoms with E-state index in [2.05, 4.69) is 31.3 Å². The number of nitrogens with one attached hydrogen (secondary N) is 1. The van der Waals surface area contributed by atoms with Crippen molar-refractivity contribution in [2.24, 2.45) is 0 Å². The molecule has 0 spiro atoms. The normalized spacial score (nSPS) is 13.7. The monoisotopic (exact) mass is 279 g/mol. The molecule has 0 bridgehead atoms. The summed E-state index contributed by atoms with van der Waals surface area (Å²) in [6, 6.07) is 14.0. The summed E-state index contributed by atoms with van der Waals surface area (Å²) < 4.78 is 0. The van der Waals surface area contributed by atoms with Crippen LogP contribution in [0.4, 0.5) is 5.69 Å². The predicted octanol–water partition coefficient (Wildman–Crippen LogP) is 4.40. The first-order chi connectivity index (χ1) is 10.1. The Bertz CT molecular complexity index is 656. The molecule has 108 valence electrons. The van der Waals surface area contributed by atoms with Crippen LogP contribution in [-0.4, -0.2) is 12.3 Å². The highest BCUT2D eigenvalue weighted by Crippen LogP contribution is 2.24. The molecule has 2 nitrogen and oxygen atoms in total. The van der Waals surface area contributed by atoms with E-state index in [9.17, 15) is 4.79 Å². The SMILES string of the molecule is CC(C)c1ccc(C(=O)c2ccc3c(c2)CCCN3)cc1. The Morgan fingerprint density at radius 1 is 1.05 bits per heavy atom. The number of hydrogen-bond acceptors (Lipinski definition) is 2. The molecule has 0 aliphatic carbocycles. The van der Waals surface area contributed by atoms with Gasteiger partial charge in [0.1, 0.15) is 0 Å². The molecule has 3 rings (SSSR count). The van der Waals surface area contributed by atoms with E-state index in [1.165, 1.54) is 16.8 Å². The first kappa shape index (κ1) is 13.9. The molecule has 2 heteroatoms. The van der Waals surface area contributed by atoms with Crippen molar-refractivity contribution in [1.82, 2.24) is 0 Å². The molecule has 0 atom stereocenters. The van der Waals surface area contributed by atoms with E-state index in [0.29, 0.717) is 5.92 Å². The van der Waals surface area contributed by atoms with Crippen LogP contribution in [0, 0.1) is 0 Å². The molecular formula is C19H21NO. The van der Waals surface area contributed by atoms with Gasteiger partial charge in [0.05, 0.1) is 0 Å². The summed E-state index contributed by atoms with van der Waals surface area (Å²) in [6.07, 6.45) is 2.18. The molecule has 2 aromatic rings. The minimum Gasteiger partial charge on any atom is -0.385 e. The molecule has 1 aliphatic rings. The zero-order chi connectivity index (χ0) is 14.8. The highest BCUT2D eigenvalue weighted by Gasteiger charge is 2.14. The number of ketones is 1. The average molecular weight is 279 g/mol. The largest absolute Gasteiger partial charge is 0.385 e. The topological polar surface area (TPSA) is 29.1 Å². The van der Waals surface area contributed by atoms with Crippen LogP contribution >= 0.6 is 0 Å². The second-order valence-electron chi connectivity index (χ2n) is 6.01. The fourth-order valence-corrected chi connectivity index (χ4v) is 2.80. The predicted molar refractivity (Wildman–Crippen MR) is 87.2 cm³/mol. The van der Waals surface area contributed by atoms with Crippen molar-refractivity contribution in [3.63, 3.8) is 0 Å². The van der Waals surface area contributed by atoms with Crippen molar-refractivity contribution in [3.8, 4) is 0 Å². The molecular weight excluding hydrogens is 258 g/mol. The van der Waals surface area contributed by atoms with E-state index < -0.39 is 0 Å². The van der Waals surface area contributed by atoms with Gasteiger partial charge in [0.25, 0.3) is 0 Å². The second-order valence-corrected chi connectivity index (χ2v) is 6.01. The lowest BCUT2D eigenvalue weighted by molar-refractivity contribution is 0.103. The van der Waals surface area contributed by atoms with Gasteiger partial charge in [-0.25, -0.2) is 0 Å². The Morgan fingerprint density at radius 2 is 1.76 bits per heavy atom. The van der Waals surface area contributed by atoms with E-state index in [1.807, 2.05) is 30.3 Å². The molecule has 0 unspecified atom stereocenters. The van der Waals surface area contributed by atoms with E-state index in [1.54, 1.807) is 0 Å². The molecule has 0 aromatic heterocycles. The lowest BCUT2D eigenvalue weighted by atomic mass is 9.95. The Morgan fingerprint density at radius 3 is 2.48 bits per heavy atom. The highest BCUT2D eigenvalue weighted by atomic mass is 16.1. The fraction of sp³-hybridized carbons (Fsp3) is 0.316. The van der Waals surface area contributed by atoms with Crippen LogP contribution < -0.4 is 5.32 Å². The van der Waals surface area contributed by atoms with Gasteiger partial charge in [-0.05, 0) is 48.1 Å². The van der Waals surface area contributed by atoms with Crippen molar-refractivity contribution >= 4 is 11.5 Å². The Hall–Kier alpha value is -2.09.